The molecule has 0 aromatic carbocycles. The smallest absolute Gasteiger partial charge is 0.205 e. The first-order valence-corrected chi connectivity index (χ1v) is 6.19. The van der Waals surface area contributed by atoms with Gasteiger partial charge < -0.3 is 15.1 Å². The molecular formula is C9H17N5OS. The summed E-state index contributed by atoms with van der Waals surface area (Å²) in [4.78, 5) is 10.2. The highest BCUT2D eigenvalue weighted by molar-refractivity contribution is 7.98. The van der Waals surface area contributed by atoms with Gasteiger partial charge in [0.15, 0.2) is 11.6 Å². The van der Waals surface area contributed by atoms with Crippen molar-refractivity contribution in [1.82, 2.24) is 9.97 Å². The van der Waals surface area contributed by atoms with Crippen molar-refractivity contribution in [2.75, 3.05) is 43.0 Å². The summed E-state index contributed by atoms with van der Waals surface area (Å²) < 4.78 is 5.25. The van der Waals surface area contributed by atoms with Crippen molar-refractivity contribution < 1.29 is 4.74 Å². The predicted molar refractivity (Wildman–Crippen MR) is 68.0 cm³/mol. The highest BCUT2D eigenvalue weighted by Gasteiger charge is 2.14. The van der Waals surface area contributed by atoms with Crippen molar-refractivity contribution in [3.05, 3.63) is 6.33 Å². The number of hydrazine groups is 1. The first-order valence-electron chi connectivity index (χ1n) is 4.80. The number of nitrogens with zero attached hydrogens (tertiary/aromatic N) is 3. The maximum atomic E-state index is 5.35. The Morgan fingerprint density at radius 3 is 2.88 bits per heavy atom. The van der Waals surface area contributed by atoms with Gasteiger partial charge in [-0.3, -0.25) is 0 Å². The van der Waals surface area contributed by atoms with Gasteiger partial charge >= 0.3 is 0 Å². The Balaban J connectivity index is 2.93. The third-order valence-electron chi connectivity index (χ3n) is 2.12. The number of rotatable bonds is 6. The van der Waals surface area contributed by atoms with E-state index in [0.29, 0.717) is 11.6 Å². The zero-order valence-corrected chi connectivity index (χ0v) is 10.5. The van der Waals surface area contributed by atoms with Crippen molar-refractivity contribution in [3.63, 3.8) is 0 Å². The molecule has 90 valence electrons. The molecule has 0 atom stereocenters. The van der Waals surface area contributed by atoms with Crippen LogP contribution in [0.3, 0.4) is 0 Å². The van der Waals surface area contributed by atoms with E-state index in [0.717, 1.165) is 18.1 Å². The summed E-state index contributed by atoms with van der Waals surface area (Å²) in [5, 5.41) is 0. The van der Waals surface area contributed by atoms with Gasteiger partial charge in [0, 0.05) is 19.3 Å². The molecule has 0 radical (unpaired) electrons. The van der Waals surface area contributed by atoms with Crippen LogP contribution in [0.25, 0.3) is 0 Å². The van der Waals surface area contributed by atoms with Gasteiger partial charge in [-0.2, -0.15) is 11.8 Å². The van der Waals surface area contributed by atoms with Gasteiger partial charge in [0.1, 0.15) is 6.33 Å². The standard InChI is InChI=1S/C9H17N5OS/c1-14(4-5-16-3)9-7(15-2)8(13-10)11-6-12-9/h6H,4-5,10H2,1-3H3,(H,11,12,13). The minimum absolute atomic E-state index is 0.489. The van der Waals surface area contributed by atoms with E-state index in [-0.39, 0.29) is 0 Å². The van der Waals surface area contributed by atoms with E-state index in [1.807, 2.05) is 11.9 Å². The topological polar surface area (TPSA) is 76.3 Å². The Kier molecular flexibility index (Phi) is 5.13. The number of thioether (sulfide) groups is 1. The number of nitrogens with one attached hydrogen (secondary N) is 1. The number of nitrogen functional groups attached to an aromatic ring is 1. The van der Waals surface area contributed by atoms with E-state index in [4.69, 9.17) is 10.6 Å². The SMILES string of the molecule is COc1c(NN)ncnc1N(C)CCSC. The first-order chi connectivity index (χ1) is 7.74. The molecule has 16 heavy (non-hydrogen) atoms. The zero-order valence-electron chi connectivity index (χ0n) is 9.73. The normalized spacial score (nSPS) is 10.0. The highest BCUT2D eigenvalue weighted by atomic mass is 32.2. The van der Waals surface area contributed by atoms with Gasteiger partial charge in [-0.25, -0.2) is 15.8 Å². The first kappa shape index (κ1) is 12.9. The molecule has 0 unspecified atom stereocenters. The van der Waals surface area contributed by atoms with Crippen molar-refractivity contribution in [3.8, 4) is 5.75 Å². The second kappa shape index (κ2) is 6.39. The molecule has 0 aliphatic rings. The summed E-state index contributed by atoms with van der Waals surface area (Å²) in [6.45, 7) is 0.887. The number of nitrogens with two attached hydrogens (primary N) is 1. The number of hydrogen-bond acceptors (Lipinski definition) is 7. The molecule has 6 nitrogen and oxygen atoms in total. The minimum atomic E-state index is 0.489. The van der Waals surface area contributed by atoms with E-state index in [2.05, 4.69) is 21.6 Å². The molecule has 0 bridgehead atoms. The monoisotopic (exact) mass is 243 g/mol. The maximum Gasteiger partial charge on any atom is 0.205 e. The lowest BCUT2D eigenvalue weighted by molar-refractivity contribution is 0.413. The van der Waals surface area contributed by atoms with Crippen LogP contribution in [0.1, 0.15) is 0 Å². The Morgan fingerprint density at radius 1 is 1.56 bits per heavy atom. The van der Waals surface area contributed by atoms with Crippen LogP contribution in [0.2, 0.25) is 0 Å². The molecule has 1 rings (SSSR count). The van der Waals surface area contributed by atoms with Crippen molar-refractivity contribution in [1.29, 1.82) is 0 Å². The summed E-state index contributed by atoms with van der Waals surface area (Å²) in [5.74, 6) is 8.16. The number of methoxy groups -OCH3 is 1. The molecule has 1 heterocycles. The Morgan fingerprint density at radius 2 is 2.31 bits per heavy atom. The second-order valence-corrected chi connectivity index (χ2v) is 4.12. The van der Waals surface area contributed by atoms with Crippen molar-refractivity contribution in [2.45, 2.75) is 0 Å². The summed E-state index contributed by atoms with van der Waals surface area (Å²) in [6.07, 6.45) is 3.53. The Hall–Kier alpha value is -1.21. The fourth-order valence-electron chi connectivity index (χ4n) is 1.26. The molecule has 0 spiro atoms. The molecule has 0 amide bonds. The van der Waals surface area contributed by atoms with E-state index in [1.165, 1.54) is 6.33 Å². The molecule has 1 aromatic heterocycles. The highest BCUT2D eigenvalue weighted by Crippen LogP contribution is 2.30. The van der Waals surface area contributed by atoms with Gasteiger partial charge in [-0.05, 0) is 6.26 Å². The fraction of sp³-hybridized carbons (Fsp3) is 0.556. The van der Waals surface area contributed by atoms with Gasteiger partial charge in [-0.1, -0.05) is 0 Å². The molecule has 0 saturated heterocycles. The second-order valence-electron chi connectivity index (χ2n) is 3.14. The summed E-state index contributed by atoms with van der Waals surface area (Å²) in [5.41, 5.74) is 2.49. The van der Waals surface area contributed by atoms with Gasteiger partial charge in [0.25, 0.3) is 0 Å². The van der Waals surface area contributed by atoms with E-state index >= 15 is 0 Å². The largest absolute Gasteiger partial charge is 0.490 e. The van der Waals surface area contributed by atoms with Crippen LogP contribution >= 0.6 is 11.8 Å². The Bertz CT molecular complexity index is 336. The molecular weight excluding hydrogens is 226 g/mol. The van der Waals surface area contributed by atoms with Crippen LogP contribution < -0.4 is 20.9 Å². The van der Waals surface area contributed by atoms with E-state index in [9.17, 15) is 0 Å². The number of ether oxygens (including phenoxy) is 1. The summed E-state index contributed by atoms with van der Waals surface area (Å²) >= 11 is 1.78. The maximum absolute atomic E-state index is 5.35. The van der Waals surface area contributed by atoms with E-state index in [1.54, 1.807) is 18.9 Å². The van der Waals surface area contributed by atoms with Gasteiger partial charge in [-0.15, -0.1) is 0 Å². The van der Waals surface area contributed by atoms with Crippen molar-refractivity contribution in [2.24, 2.45) is 5.84 Å². The molecule has 0 aliphatic carbocycles. The molecule has 0 fully saturated rings. The third-order valence-corrected chi connectivity index (χ3v) is 2.71. The average molecular weight is 243 g/mol. The lowest BCUT2D eigenvalue weighted by Crippen LogP contribution is -2.23. The average Bonchev–Trinajstić information content (AvgIpc) is 2.34. The summed E-state index contributed by atoms with van der Waals surface area (Å²) in [6, 6.07) is 0. The lowest BCUT2D eigenvalue weighted by atomic mass is 10.4. The predicted octanol–water partition coefficient (Wildman–Crippen LogP) is 0.570. The number of hydrogen-bond donors (Lipinski definition) is 2. The quantitative estimate of drug-likeness (QED) is 0.558. The van der Waals surface area contributed by atoms with E-state index < -0.39 is 0 Å². The zero-order chi connectivity index (χ0) is 12.0. The molecule has 7 heteroatoms. The van der Waals surface area contributed by atoms with Crippen LogP contribution in [0.15, 0.2) is 6.33 Å². The fourth-order valence-corrected chi connectivity index (χ4v) is 1.72. The lowest BCUT2D eigenvalue weighted by Gasteiger charge is -2.20. The molecule has 0 aliphatic heterocycles. The van der Waals surface area contributed by atoms with Gasteiger partial charge in [0.05, 0.1) is 7.11 Å². The third kappa shape index (κ3) is 2.89. The number of anilines is 2. The molecule has 1 aromatic rings. The van der Waals surface area contributed by atoms with Gasteiger partial charge in [0.2, 0.25) is 5.75 Å². The van der Waals surface area contributed by atoms with Crippen LogP contribution in [0.5, 0.6) is 5.75 Å². The van der Waals surface area contributed by atoms with Crippen LogP contribution in [-0.4, -0.2) is 42.7 Å². The molecule has 3 N–H and O–H groups in total. The van der Waals surface area contributed by atoms with Crippen LogP contribution in [0.4, 0.5) is 11.6 Å². The van der Waals surface area contributed by atoms with Crippen LogP contribution in [0, 0.1) is 0 Å². The molecule has 0 saturated carbocycles. The minimum Gasteiger partial charge on any atom is -0.490 e. The summed E-state index contributed by atoms with van der Waals surface area (Å²) in [7, 11) is 3.53. The Labute approximate surface area is 99.6 Å². The number of aromatic nitrogens is 2. The van der Waals surface area contributed by atoms with Crippen molar-refractivity contribution >= 4 is 23.4 Å². The van der Waals surface area contributed by atoms with Crippen LogP contribution in [-0.2, 0) is 0 Å².